The summed E-state index contributed by atoms with van der Waals surface area (Å²) in [5, 5.41) is 7.42. The van der Waals surface area contributed by atoms with E-state index in [1.807, 2.05) is 0 Å². The van der Waals surface area contributed by atoms with Gasteiger partial charge in [0.05, 0.1) is 0 Å². The van der Waals surface area contributed by atoms with Gasteiger partial charge in [0.25, 0.3) is 0 Å². The van der Waals surface area contributed by atoms with Crippen LogP contribution in [-0.4, -0.2) is 0 Å². The van der Waals surface area contributed by atoms with E-state index in [9.17, 15) is 0 Å². The van der Waals surface area contributed by atoms with Crippen molar-refractivity contribution in [3.05, 3.63) is 277 Å². The minimum Gasteiger partial charge on any atom is -0.311 e. The second-order valence-electron chi connectivity index (χ2n) is 17.8. The van der Waals surface area contributed by atoms with Gasteiger partial charge < -0.3 is 4.90 Å². The van der Waals surface area contributed by atoms with Crippen LogP contribution in [0.4, 0.5) is 17.1 Å². The van der Waals surface area contributed by atoms with E-state index >= 15 is 0 Å². The van der Waals surface area contributed by atoms with Gasteiger partial charge in [-0.1, -0.05) is 236 Å². The highest BCUT2D eigenvalue weighted by molar-refractivity contribution is 6.24. The smallest absolute Gasteiger partial charge is 0.0462 e. The van der Waals surface area contributed by atoms with Crippen LogP contribution in [0.2, 0.25) is 0 Å². The Morgan fingerprint density at radius 3 is 1.49 bits per heavy atom. The van der Waals surface area contributed by atoms with Crippen LogP contribution in [0.3, 0.4) is 0 Å². The van der Waals surface area contributed by atoms with E-state index in [2.05, 4.69) is 293 Å². The average molecular weight is 886 g/mol. The molecule has 0 N–H and O–H groups in total. The fourth-order valence-corrected chi connectivity index (χ4v) is 9.55. The van der Waals surface area contributed by atoms with Gasteiger partial charge in [0.2, 0.25) is 0 Å². The summed E-state index contributed by atoms with van der Waals surface area (Å²) >= 11 is 0. The number of hydrogen-bond acceptors (Lipinski definition) is 1. The van der Waals surface area contributed by atoms with Gasteiger partial charge in [0, 0.05) is 17.1 Å². The van der Waals surface area contributed by atoms with Crippen LogP contribution in [0.1, 0.15) is 43.0 Å². The van der Waals surface area contributed by atoms with Crippen molar-refractivity contribution in [1.82, 2.24) is 0 Å². The summed E-state index contributed by atoms with van der Waals surface area (Å²) in [5.74, 6) is 0. The molecule has 0 fully saturated rings. The standard InChI is InChI=1S/C68H55N/c1-4-18-50-32-42-57(43-33-50)69(58-44-34-51(35-45-58)20-9-6-5-8-19-49(2)3)59-46-39-56(40-47-59)67-62-25-14-16-27-64(62)68(65-28-17-15-26-63(65)67)66-48-41-55(60-23-12-13-24-61(60)66)38-31-52-29-36-54(37-30-52)53-21-10-7-11-22-53/h4-19,21-48H,20H2,1-3H3. The fourth-order valence-electron chi connectivity index (χ4n) is 9.55. The van der Waals surface area contributed by atoms with Crippen LogP contribution in [0.15, 0.2) is 254 Å². The molecule has 1 heteroatoms. The third-order valence-corrected chi connectivity index (χ3v) is 12.9. The van der Waals surface area contributed by atoms with Crippen molar-refractivity contribution in [3.63, 3.8) is 0 Å². The topological polar surface area (TPSA) is 3.24 Å². The number of rotatable bonds is 13. The van der Waals surface area contributed by atoms with Crippen LogP contribution in [0.25, 0.3) is 83.9 Å². The van der Waals surface area contributed by atoms with Crippen LogP contribution in [-0.2, 0) is 6.42 Å². The predicted molar refractivity (Wildman–Crippen MR) is 301 cm³/mol. The monoisotopic (exact) mass is 885 g/mol. The van der Waals surface area contributed by atoms with E-state index in [0.29, 0.717) is 0 Å². The van der Waals surface area contributed by atoms with Gasteiger partial charge in [-0.05, 0) is 152 Å². The SMILES string of the molecule is CC=Cc1ccc(N(c2ccc(CC=CC=CC=C(C)C)cc2)c2ccc(-c3c4ccccc4c(-c4ccc(C=Cc5ccc(-c6ccccc6)cc5)c5ccccc45)c4ccccc34)cc2)cc1. The van der Waals surface area contributed by atoms with Gasteiger partial charge in [-0.25, -0.2) is 0 Å². The van der Waals surface area contributed by atoms with E-state index < -0.39 is 0 Å². The lowest BCUT2D eigenvalue weighted by atomic mass is 9.84. The van der Waals surface area contributed by atoms with Gasteiger partial charge in [-0.15, -0.1) is 0 Å². The molecular formula is C68H55N. The molecule has 0 aliphatic carbocycles. The molecule has 10 rings (SSSR count). The van der Waals surface area contributed by atoms with E-state index in [1.165, 1.54) is 93.5 Å². The Bertz CT molecular complexity index is 3490. The lowest BCUT2D eigenvalue weighted by Gasteiger charge is -2.26. The van der Waals surface area contributed by atoms with Crippen molar-refractivity contribution in [2.75, 3.05) is 4.90 Å². The number of anilines is 3. The van der Waals surface area contributed by atoms with E-state index in [-0.39, 0.29) is 0 Å². The first kappa shape index (κ1) is 44.3. The van der Waals surface area contributed by atoms with Gasteiger partial charge in [-0.3, -0.25) is 0 Å². The maximum Gasteiger partial charge on any atom is 0.0462 e. The van der Waals surface area contributed by atoms with E-state index in [1.54, 1.807) is 0 Å². The van der Waals surface area contributed by atoms with Gasteiger partial charge in [0.1, 0.15) is 0 Å². The highest BCUT2D eigenvalue weighted by Crippen LogP contribution is 2.46. The molecule has 1 nitrogen and oxygen atoms in total. The maximum atomic E-state index is 2.36. The first-order valence-electron chi connectivity index (χ1n) is 24.0. The highest BCUT2D eigenvalue weighted by atomic mass is 15.1. The second kappa shape index (κ2) is 20.6. The Hall–Kier alpha value is -8.52. The van der Waals surface area contributed by atoms with Crippen LogP contribution < -0.4 is 4.90 Å². The first-order chi connectivity index (χ1) is 34.0. The van der Waals surface area contributed by atoms with Gasteiger partial charge in [-0.2, -0.15) is 0 Å². The molecular weight excluding hydrogens is 831 g/mol. The van der Waals surface area contributed by atoms with Crippen molar-refractivity contribution >= 4 is 67.6 Å². The lowest BCUT2D eigenvalue weighted by Crippen LogP contribution is -2.10. The number of fused-ring (bicyclic) bond motifs is 3. The Labute approximate surface area is 407 Å². The minimum absolute atomic E-state index is 0.872. The van der Waals surface area contributed by atoms with Crippen LogP contribution in [0, 0.1) is 0 Å². The molecule has 0 radical (unpaired) electrons. The summed E-state index contributed by atoms with van der Waals surface area (Å²) in [6.07, 6.45) is 20.2. The molecule has 10 aromatic rings. The number of hydrogen-bond donors (Lipinski definition) is 0. The molecule has 0 saturated heterocycles. The Balaban J connectivity index is 1.01. The lowest BCUT2D eigenvalue weighted by molar-refractivity contribution is 1.24. The zero-order chi connectivity index (χ0) is 46.9. The maximum absolute atomic E-state index is 2.36. The molecule has 0 heterocycles. The summed E-state index contributed by atoms with van der Waals surface area (Å²) < 4.78 is 0. The quantitative estimate of drug-likeness (QED) is 0.0633. The fraction of sp³-hybridized carbons (Fsp3) is 0.0588. The highest BCUT2D eigenvalue weighted by Gasteiger charge is 2.19. The zero-order valence-electron chi connectivity index (χ0n) is 39.6. The minimum atomic E-state index is 0.872. The summed E-state index contributed by atoms with van der Waals surface area (Å²) in [6, 6.07) is 77.7. The Kier molecular flexibility index (Phi) is 13.2. The van der Waals surface area contributed by atoms with E-state index in [0.717, 1.165) is 23.5 Å². The largest absolute Gasteiger partial charge is 0.311 e. The summed E-state index contributed by atoms with van der Waals surface area (Å²) in [7, 11) is 0. The molecule has 0 atom stereocenters. The van der Waals surface area contributed by atoms with Crippen molar-refractivity contribution in [2.24, 2.45) is 0 Å². The number of allylic oxidation sites excluding steroid dienone is 7. The molecule has 0 bridgehead atoms. The third kappa shape index (κ3) is 9.68. The summed E-state index contributed by atoms with van der Waals surface area (Å²) in [4.78, 5) is 2.36. The van der Waals surface area contributed by atoms with E-state index in [4.69, 9.17) is 0 Å². The third-order valence-electron chi connectivity index (χ3n) is 12.9. The molecule has 0 unspecified atom stereocenters. The Morgan fingerprint density at radius 1 is 0.391 bits per heavy atom. The normalized spacial score (nSPS) is 11.8. The molecule has 0 amide bonds. The number of benzene rings is 10. The van der Waals surface area contributed by atoms with Crippen LogP contribution in [0.5, 0.6) is 0 Å². The summed E-state index contributed by atoms with van der Waals surface area (Å²) in [5.41, 5.74) is 16.8. The van der Waals surface area contributed by atoms with Crippen molar-refractivity contribution < 1.29 is 0 Å². The molecule has 332 valence electrons. The molecule has 10 aromatic carbocycles. The zero-order valence-corrected chi connectivity index (χ0v) is 39.6. The van der Waals surface area contributed by atoms with Gasteiger partial charge >= 0.3 is 0 Å². The van der Waals surface area contributed by atoms with Crippen molar-refractivity contribution in [3.8, 4) is 33.4 Å². The first-order valence-corrected chi connectivity index (χ1v) is 24.0. The molecule has 0 saturated carbocycles. The van der Waals surface area contributed by atoms with Crippen LogP contribution >= 0.6 is 0 Å². The molecule has 0 aliphatic heterocycles. The van der Waals surface area contributed by atoms with Crippen molar-refractivity contribution in [2.45, 2.75) is 27.2 Å². The molecule has 0 aliphatic rings. The predicted octanol–water partition coefficient (Wildman–Crippen LogP) is 19.4. The Morgan fingerprint density at radius 2 is 0.884 bits per heavy atom. The molecule has 0 aromatic heterocycles. The molecule has 69 heavy (non-hydrogen) atoms. The number of nitrogens with zero attached hydrogens (tertiary/aromatic N) is 1. The van der Waals surface area contributed by atoms with Crippen molar-refractivity contribution in [1.29, 1.82) is 0 Å². The van der Waals surface area contributed by atoms with Gasteiger partial charge in [0.15, 0.2) is 0 Å². The second-order valence-corrected chi connectivity index (χ2v) is 17.8. The average Bonchev–Trinajstić information content (AvgIpc) is 3.40. The molecule has 0 spiro atoms. The summed E-state index contributed by atoms with van der Waals surface area (Å²) in [6.45, 7) is 6.28.